The quantitative estimate of drug-likeness (QED) is 0.350. The molecule has 0 aliphatic rings. The lowest BCUT2D eigenvalue weighted by Crippen LogP contribution is -2.16. The minimum absolute atomic E-state index is 0.291. The number of rotatable bonds is 7. The Bertz CT molecular complexity index is 134. The highest BCUT2D eigenvalue weighted by Gasteiger charge is 2.03. The highest BCUT2D eigenvalue weighted by Crippen LogP contribution is 2.01. The van der Waals surface area contributed by atoms with Crippen molar-refractivity contribution < 1.29 is 14.3 Å². The van der Waals surface area contributed by atoms with Gasteiger partial charge in [-0.25, -0.2) is 0 Å². The first kappa shape index (κ1) is 12.4. The molecule has 0 amide bonds. The molecule has 0 heterocycles. The topological polar surface area (TPSA) is 35.5 Å². The first-order valence-electron chi connectivity index (χ1n) is 4.95. The lowest BCUT2D eigenvalue weighted by atomic mass is 10.2. The fourth-order valence-corrected chi connectivity index (χ4v) is 1.05. The molecule has 1 atom stereocenters. The van der Waals surface area contributed by atoms with E-state index in [9.17, 15) is 4.79 Å². The molecule has 0 saturated carbocycles. The molecule has 0 aromatic carbocycles. The fourth-order valence-electron chi connectivity index (χ4n) is 1.05. The molecule has 3 heteroatoms. The number of carbonyl (C=O) groups is 1. The first-order valence-corrected chi connectivity index (χ1v) is 4.95. The average molecular weight is 188 g/mol. The molecule has 78 valence electrons. The number of hydrogen-bond donors (Lipinski definition) is 0. The number of hydrogen-bond acceptors (Lipinski definition) is 3. The monoisotopic (exact) mass is 188 g/mol. The molecule has 0 spiro atoms. The van der Waals surface area contributed by atoms with Crippen LogP contribution in [-0.4, -0.2) is 18.9 Å². The van der Waals surface area contributed by atoms with Gasteiger partial charge in [-0.05, 0) is 13.3 Å². The summed E-state index contributed by atoms with van der Waals surface area (Å²) in [5.74, 6) is -0.291. The minimum atomic E-state index is -0.404. The standard InChI is InChI=1S/C10H20O3/c1-4-5-6-7-8-12-10(3)13-9(2)11/h10H,4-8H2,1-3H3. The summed E-state index contributed by atoms with van der Waals surface area (Å²) in [6, 6.07) is 0. The molecule has 0 bridgehead atoms. The SMILES string of the molecule is CCCCCCOC(C)OC(C)=O. The van der Waals surface area contributed by atoms with Crippen LogP contribution in [0, 0.1) is 0 Å². The Labute approximate surface area is 80.4 Å². The van der Waals surface area contributed by atoms with Gasteiger partial charge in [-0.1, -0.05) is 26.2 Å². The molecule has 0 radical (unpaired) electrons. The molecule has 1 unspecified atom stereocenters. The van der Waals surface area contributed by atoms with Crippen molar-refractivity contribution in [2.45, 2.75) is 52.7 Å². The van der Waals surface area contributed by atoms with Crippen LogP contribution in [0.3, 0.4) is 0 Å². The van der Waals surface area contributed by atoms with Gasteiger partial charge in [-0.3, -0.25) is 4.79 Å². The molecule has 3 nitrogen and oxygen atoms in total. The van der Waals surface area contributed by atoms with Gasteiger partial charge in [0.25, 0.3) is 0 Å². The van der Waals surface area contributed by atoms with Gasteiger partial charge in [0.1, 0.15) is 0 Å². The molecule has 0 aliphatic heterocycles. The number of ether oxygens (including phenoxy) is 2. The lowest BCUT2D eigenvalue weighted by molar-refractivity contribution is -0.172. The Morgan fingerprint density at radius 3 is 2.54 bits per heavy atom. The molecule has 0 saturated heterocycles. The number of unbranched alkanes of at least 4 members (excludes halogenated alkanes) is 3. The van der Waals surface area contributed by atoms with Crippen molar-refractivity contribution in [2.75, 3.05) is 6.61 Å². The van der Waals surface area contributed by atoms with Crippen LogP contribution in [-0.2, 0) is 14.3 Å². The van der Waals surface area contributed by atoms with Gasteiger partial charge in [0.2, 0.25) is 0 Å². The zero-order valence-corrected chi connectivity index (χ0v) is 8.84. The number of carbonyl (C=O) groups excluding carboxylic acids is 1. The van der Waals surface area contributed by atoms with Crippen molar-refractivity contribution in [3.05, 3.63) is 0 Å². The largest absolute Gasteiger partial charge is 0.436 e. The van der Waals surface area contributed by atoms with E-state index in [-0.39, 0.29) is 5.97 Å². The fraction of sp³-hybridized carbons (Fsp3) is 0.900. The summed E-state index contributed by atoms with van der Waals surface area (Å²) in [6.45, 7) is 5.97. The van der Waals surface area contributed by atoms with Crippen molar-refractivity contribution in [1.29, 1.82) is 0 Å². The van der Waals surface area contributed by atoms with E-state index in [0.717, 1.165) is 6.42 Å². The molecule has 0 aromatic rings. The van der Waals surface area contributed by atoms with Gasteiger partial charge in [0.05, 0.1) is 6.61 Å². The Balaban J connectivity index is 3.17. The third-order valence-electron chi connectivity index (χ3n) is 1.68. The van der Waals surface area contributed by atoms with Gasteiger partial charge < -0.3 is 9.47 Å². The first-order chi connectivity index (χ1) is 6.16. The maximum Gasteiger partial charge on any atom is 0.304 e. The Morgan fingerprint density at radius 2 is 2.00 bits per heavy atom. The zero-order chi connectivity index (χ0) is 10.1. The predicted molar refractivity (Wildman–Crippen MR) is 51.3 cm³/mol. The molecule has 0 aromatic heterocycles. The summed E-state index contributed by atoms with van der Waals surface area (Å²) >= 11 is 0. The van der Waals surface area contributed by atoms with Crippen LogP contribution in [0.2, 0.25) is 0 Å². The van der Waals surface area contributed by atoms with E-state index in [1.807, 2.05) is 0 Å². The van der Waals surface area contributed by atoms with Gasteiger partial charge in [0.15, 0.2) is 6.29 Å². The highest BCUT2D eigenvalue weighted by molar-refractivity contribution is 5.65. The van der Waals surface area contributed by atoms with E-state index < -0.39 is 6.29 Å². The van der Waals surface area contributed by atoms with Gasteiger partial charge >= 0.3 is 5.97 Å². The van der Waals surface area contributed by atoms with Crippen molar-refractivity contribution >= 4 is 5.97 Å². The van der Waals surface area contributed by atoms with Crippen LogP contribution >= 0.6 is 0 Å². The van der Waals surface area contributed by atoms with Crippen LogP contribution in [0.15, 0.2) is 0 Å². The summed E-state index contributed by atoms with van der Waals surface area (Å²) in [4.78, 5) is 10.5. The van der Waals surface area contributed by atoms with Gasteiger partial charge in [0, 0.05) is 6.92 Å². The summed E-state index contributed by atoms with van der Waals surface area (Å²) in [7, 11) is 0. The Hall–Kier alpha value is -0.570. The second-order valence-electron chi connectivity index (χ2n) is 3.11. The third-order valence-corrected chi connectivity index (χ3v) is 1.68. The zero-order valence-electron chi connectivity index (χ0n) is 8.84. The highest BCUT2D eigenvalue weighted by atomic mass is 16.7. The van der Waals surface area contributed by atoms with E-state index in [4.69, 9.17) is 9.47 Å². The van der Waals surface area contributed by atoms with E-state index in [1.165, 1.54) is 26.2 Å². The molecule has 0 rings (SSSR count). The van der Waals surface area contributed by atoms with Crippen LogP contribution in [0.1, 0.15) is 46.5 Å². The van der Waals surface area contributed by atoms with Crippen molar-refractivity contribution in [3.8, 4) is 0 Å². The Morgan fingerprint density at radius 1 is 1.31 bits per heavy atom. The smallest absolute Gasteiger partial charge is 0.304 e. The van der Waals surface area contributed by atoms with Crippen molar-refractivity contribution in [3.63, 3.8) is 0 Å². The predicted octanol–water partition coefficient (Wildman–Crippen LogP) is 2.49. The molecule has 0 N–H and O–H groups in total. The summed E-state index contributed by atoms with van der Waals surface area (Å²) in [6.07, 6.45) is 4.28. The minimum Gasteiger partial charge on any atom is -0.436 e. The summed E-state index contributed by atoms with van der Waals surface area (Å²) in [5.41, 5.74) is 0. The maximum atomic E-state index is 10.5. The van der Waals surface area contributed by atoms with Gasteiger partial charge in [-0.15, -0.1) is 0 Å². The number of esters is 1. The normalized spacial score (nSPS) is 12.5. The van der Waals surface area contributed by atoms with E-state index in [2.05, 4.69) is 6.92 Å². The molecular formula is C10H20O3. The second kappa shape index (κ2) is 8.05. The van der Waals surface area contributed by atoms with Crippen molar-refractivity contribution in [2.24, 2.45) is 0 Å². The van der Waals surface area contributed by atoms with Crippen molar-refractivity contribution in [1.82, 2.24) is 0 Å². The molecule has 0 aliphatic carbocycles. The van der Waals surface area contributed by atoms with E-state index >= 15 is 0 Å². The Kier molecular flexibility index (Phi) is 7.69. The van der Waals surface area contributed by atoms with E-state index in [0.29, 0.717) is 6.61 Å². The second-order valence-corrected chi connectivity index (χ2v) is 3.11. The van der Waals surface area contributed by atoms with Crippen LogP contribution in [0.25, 0.3) is 0 Å². The van der Waals surface area contributed by atoms with Gasteiger partial charge in [-0.2, -0.15) is 0 Å². The average Bonchev–Trinajstić information content (AvgIpc) is 2.02. The van der Waals surface area contributed by atoms with E-state index in [1.54, 1.807) is 6.92 Å². The molecule has 0 fully saturated rings. The van der Waals surface area contributed by atoms with Crippen LogP contribution < -0.4 is 0 Å². The van der Waals surface area contributed by atoms with Crippen LogP contribution in [0.4, 0.5) is 0 Å². The molecular weight excluding hydrogens is 168 g/mol. The summed E-state index contributed by atoms with van der Waals surface area (Å²) in [5, 5.41) is 0. The maximum absolute atomic E-state index is 10.5. The lowest BCUT2D eigenvalue weighted by Gasteiger charge is -2.12. The molecule has 13 heavy (non-hydrogen) atoms. The summed E-state index contributed by atoms with van der Waals surface area (Å²) < 4.78 is 10.1. The third kappa shape index (κ3) is 9.34. The van der Waals surface area contributed by atoms with Crippen LogP contribution in [0.5, 0.6) is 0 Å².